The highest BCUT2D eigenvalue weighted by Crippen LogP contribution is 2.44. The first-order valence-corrected chi connectivity index (χ1v) is 9.53. The Morgan fingerprint density at radius 3 is 1.61 bits per heavy atom. The largest absolute Gasteiger partial charge is 0.573 e. The van der Waals surface area contributed by atoms with E-state index in [0.717, 1.165) is 24.3 Å². The highest BCUT2D eigenvalue weighted by molar-refractivity contribution is 5.42. The topological polar surface area (TPSA) is 71.3 Å². The molecule has 13 heteroatoms. The van der Waals surface area contributed by atoms with Gasteiger partial charge in [-0.15, -0.1) is 36.5 Å². The molecule has 0 aliphatic heterocycles. The van der Waals surface area contributed by atoms with Crippen LogP contribution in [0.3, 0.4) is 0 Å². The van der Waals surface area contributed by atoms with Crippen LogP contribution in [0.25, 0.3) is 0 Å². The van der Waals surface area contributed by atoms with Crippen molar-refractivity contribution < 1.29 is 40.6 Å². The van der Waals surface area contributed by atoms with E-state index in [-0.39, 0.29) is 6.61 Å². The van der Waals surface area contributed by atoms with Crippen LogP contribution in [0.2, 0.25) is 0 Å². The van der Waals surface area contributed by atoms with Gasteiger partial charge in [-0.2, -0.15) is 4.80 Å². The van der Waals surface area contributed by atoms with Crippen LogP contribution in [0.1, 0.15) is 31.0 Å². The molecule has 0 radical (unpaired) electrons. The maximum atomic E-state index is 12.6. The molecule has 0 saturated carbocycles. The Balaban J connectivity index is 2.11. The number of aromatic nitrogens is 4. The summed E-state index contributed by atoms with van der Waals surface area (Å²) in [4.78, 5) is 1.23. The van der Waals surface area contributed by atoms with Crippen molar-refractivity contribution >= 4 is 0 Å². The summed E-state index contributed by atoms with van der Waals surface area (Å²) in [6, 6.07) is 9.18. The number of alkyl halides is 6. The van der Waals surface area contributed by atoms with E-state index in [4.69, 9.17) is 4.74 Å². The number of halogens is 6. The summed E-state index contributed by atoms with van der Waals surface area (Å²) in [5, 5.41) is 11.6. The second-order valence-corrected chi connectivity index (χ2v) is 6.75. The summed E-state index contributed by atoms with van der Waals surface area (Å²) in [5.74, 6) is -0.894. The highest BCUT2D eigenvalue weighted by Gasteiger charge is 2.44. The highest BCUT2D eigenvalue weighted by atomic mass is 19.4. The fraction of sp³-hybridized carbons (Fsp3) is 0.350. The first-order chi connectivity index (χ1) is 15.4. The lowest BCUT2D eigenvalue weighted by Crippen LogP contribution is -2.40. The molecular formula is C20H18F6N4O3. The Bertz CT molecular complexity index is 962. The lowest BCUT2D eigenvalue weighted by Gasteiger charge is -2.39. The smallest absolute Gasteiger partial charge is 0.406 e. The van der Waals surface area contributed by atoms with Gasteiger partial charge in [0.2, 0.25) is 0 Å². The van der Waals surface area contributed by atoms with Crippen LogP contribution in [0.5, 0.6) is 11.5 Å². The maximum absolute atomic E-state index is 12.6. The Morgan fingerprint density at radius 1 is 0.818 bits per heavy atom. The number of nitrogens with zero attached hydrogens (tertiary/aromatic N) is 4. The predicted molar refractivity (Wildman–Crippen MR) is 101 cm³/mol. The normalized spacial score (nSPS) is 13.6. The van der Waals surface area contributed by atoms with E-state index in [1.165, 1.54) is 35.4 Å². The Kier molecular flexibility index (Phi) is 6.81. The lowest BCUT2D eigenvalue weighted by atomic mass is 9.80. The van der Waals surface area contributed by atoms with Crippen LogP contribution in [0.4, 0.5) is 26.3 Å². The van der Waals surface area contributed by atoms with Gasteiger partial charge in [0.05, 0.1) is 0 Å². The van der Waals surface area contributed by atoms with Gasteiger partial charge < -0.3 is 14.2 Å². The van der Waals surface area contributed by atoms with E-state index in [9.17, 15) is 26.3 Å². The molecule has 0 fully saturated rings. The number of hydrogen-bond acceptors (Lipinski definition) is 6. The third kappa shape index (κ3) is 5.72. The van der Waals surface area contributed by atoms with Gasteiger partial charge in [0.25, 0.3) is 0 Å². The minimum absolute atomic E-state index is 0.140. The van der Waals surface area contributed by atoms with Gasteiger partial charge in [-0.1, -0.05) is 24.3 Å². The van der Waals surface area contributed by atoms with Gasteiger partial charge in [-0.3, -0.25) is 0 Å². The molecule has 1 aromatic heterocycles. The van der Waals surface area contributed by atoms with Crippen molar-refractivity contribution in [3.63, 3.8) is 0 Å². The summed E-state index contributed by atoms with van der Waals surface area (Å²) in [7, 11) is 0. The summed E-state index contributed by atoms with van der Waals surface area (Å²) in [5.41, 5.74) is -0.649. The summed E-state index contributed by atoms with van der Waals surface area (Å²) >= 11 is 0. The van der Waals surface area contributed by atoms with Crippen LogP contribution in [-0.2, 0) is 10.3 Å². The maximum Gasteiger partial charge on any atom is 0.573 e. The van der Waals surface area contributed by atoms with Crippen molar-refractivity contribution in [2.75, 3.05) is 6.61 Å². The molecule has 0 amide bonds. The minimum Gasteiger partial charge on any atom is -0.406 e. The first-order valence-electron chi connectivity index (χ1n) is 9.53. The number of hydrogen-bond donors (Lipinski definition) is 0. The van der Waals surface area contributed by atoms with E-state index < -0.39 is 35.9 Å². The van der Waals surface area contributed by atoms with Gasteiger partial charge in [0, 0.05) is 6.61 Å². The molecule has 0 aliphatic carbocycles. The molecule has 3 aromatic rings. The Labute approximate surface area is 183 Å². The number of ether oxygens (including phenoxy) is 3. The van der Waals surface area contributed by atoms with E-state index >= 15 is 0 Å². The standard InChI is InChI=1S/C20H18F6N4O3/c1-3-31-18(13(2)30-28-12-27-29-30,14-4-8-16(9-5-14)32-19(21,22)23)15-6-10-17(11-7-15)33-20(24,25)26/h4-13H,3H2,1-2H3. The lowest BCUT2D eigenvalue weighted by molar-refractivity contribution is -0.275. The Morgan fingerprint density at radius 2 is 1.27 bits per heavy atom. The van der Waals surface area contributed by atoms with Crippen LogP contribution in [0.15, 0.2) is 54.9 Å². The van der Waals surface area contributed by atoms with Crippen LogP contribution in [-0.4, -0.2) is 39.5 Å². The molecule has 1 unspecified atom stereocenters. The zero-order chi connectivity index (χ0) is 24.3. The molecule has 3 rings (SSSR count). The van der Waals surface area contributed by atoms with Crippen LogP contribution < -0.4 is 9.47 Å². The van der Waals surface area contributed by atoms with Gasteiger partial charge >= 0.3 is 12.7 Å². The second-order valence-electron chi connectivity index (χ2n) is 6.75. The van der Waals surface area contributed by atoms with Crippen molar-refractivity contribution in [3.8, 4) is 11.5 Å². The molecule has 0 aliphatic rings. The second kappa shape index (κ2) is 9.25. The molecule has 1 atom stereocenters. The van der Waals surface area contributed by atoms with Gasteiger partial charge in [0.1, 0.15) is 23.1 Å². The van der Waals surface area contributed by atoms with Gasteiger partial charge in [-0.25, -0.2) is 0 Å². The molecule has 7 nitrogen and oxygen atoms in total. The number of rotatable bonds is 8. The number of benzene rings is 2. The van der Waals surface area contributed by atoms with Crippen molar-refractivity contribution in [1.29, 1.82) is 0 Å². The third-order valence-electron chi connectivity index (χ3n) is 4.71. The molecule has 2 aromatic carbocycles. The quantitative estimate of drug-likeness (QED) is 0.426. The molecular weight excluding hydrogens is 458 g/mol. The van der Waals surface area contributed by atoms with E-state index in [0.29, 0.717) is 11.1 Å². The SMILES string of the molecule is CCOC(c1ccc(OC(F)(F)F)cc1)(c1ccc(OC(F)(F)F)cc1)C(C)n1ncnn1. The van der Waals surface area contributed by atoms with Crippen LogP contribution >= 0.6 is 0 Å². The zero-order valence-corrected chi connectivity index (χ0v) is 17.3. The molecule has 0 N–H and O–H groups in total. The molecule has 33 heavy (non-hydrogen) atoms. The predicted octanol–water partition coefficient (Wildman–Crippen LogP) is 5.01. The molecule has 0 spiro atoms. The third-order valence-corrected chi connectivity index (χ3v) is 4.71. The average Bonchev–Trinajstić information content (AvgIpc) is 3.25. The van der Waals surface area contributed by atoms with E-state index in [1.807, 2.05) is 0 Å². The molecule has 0 saturated heterocycles. The van der Waals surface area contributed by atoms with E-state index in [1.54, 1.807) is 13.8 Å². The van der Waals surface area contributed by atoms with Crippen molar-refractivity contribution in [2.45, 2.75) is 38.2 Å². The monoisotopic (exact) mass is 476 g/mol. The molecule has 178 valence electrons. The molecule has 0 bridgehead atoms. The van der Waals surface area contributed by atoms with Crippen molar-refractivity contribution in [1.82, 2.24) is 20.2 Å². The van der Waals surface area contributed by atoms with Gasteiger partial charge in [-0.05, 0) is 54.5 Å². The Hall–Kier alpha value is -3.35. The first kappa shape index (κ1) is 24.3. The summed E-state index contributed by atoms with van der Waals surface area (Å²) in [6.07, 6.45) is -8.55. The summed E-state index contributed by atoms with van der Waals surface area (Å²) in [6.45, 7) is 3.51. The fourth-order valence-electron chi connectivity index (χ4n) is 3.49. The molecule has 1 heterocycles. The summed E-state index contributed by atoms with van der Waals surface area (Å²) < 4.78 is 89.4. The minimum atomic E-state index is -4.87. The van der Waals surface area contributed by atoms with Crippen molar-refractivity contribution in [2.24, 2.45) is 0 Å². The van der Waals surface area contributed by atoms with Gasteiger partial charge in [0.15, 0.2) is 6.33 Å². The van der Waals surface area contributed by atoms with Crippen LogP contribution in [0, 0.1) is 0 Å². The average molecular weight is 476 g/mol. The van der Waals surface area contributed by atoms with Crippen molar-refractivity contribution in [3.05, 3.63) is 66.0 Å². The fourth-order valence-corrected chi connectivity index (χ4v) is 3.49. The zero-order valence-electron chi connectivity index (χ0n) is 17.3. The van der Waals surface area contributed by atoms with E-state index in [2.05, 4.69) is 24.9 Å². The number of tetrazole rings is 1.